The van der Waals surface area contributed by atoms with Crippen LogP contribution in [0.2, 0.25) is 5.15 Å². The van der Waals surface area contributed by atoms with E-state index in [2.05, 4.69) is 15.6 Å². The molecule has 0 aliphatic rings. The van der Waals surface area contributed by atoms with Gasteiger partial charge >= 0.3 is 5.69 Å². The minimum atomic E-state index is -0.494. The fourth-order valence-electron chi connectivity index (χ4n) is 2.69. The molecule has 0 spiro atoms. The van der Waals surface area contributed by atoms with Gasteiger partial charge in [-0.15, -0.1) is 0 Å². The monoisotopic (exact) mass is 356 g/mol. The van der Waals surface area contributed by atoms with Gasteiger partial charge in [-0.05, 0) is 30.2 Å². The van der Waals surface area contributed by atoms with Crippen molar-refractivity contribution >= 4 is 39.6 Å². The molecule has 1 aromatic heterocycles. The van der Waals surface area contributed by atoms with E-state index in [0.717, 1.165) is 17.7 Å². The predicted octanol–water partition coefficient (Wildman–Crippen LogP) is 4.49. The van der Waals surface area contributed by atoms with Gasteiger partial charge in [0.2, 0.25) is 5.15 Å². The van der Waals surface area contributed by atoms with Crippen LogP contribution in [0.25, 0.3) is 10.9 Å². The molecule has 2 N–H and O–H groups in total. The highest BCUT2D eigenvalue weighted by Gasteiger charge is 2.23. The van der Waals surface area contributed by atoms with Crippen LogP contribution in [0.3, 0.4) is 0 Å². The molecule has 128 valence electrons. The van der Waals surface area contributed by atoms with Gasteiger partial charge in [0, 0.05) is 24.7 Å². The van der Waals surface area contributed by atoms with Crippen molar-refractivity contribution in [2.75, 3.05) is 24.2 Å². The number of nitrogens with one attached hydrogen (secondary N) is 2. The van der Waals surface area contributed by atoms with E-state index >= 15 is 0 Å². The highest BCUT2D eigenvalue weighted by atomic mass is 35.5. The van der Waals surface area contributed by atoms with Crippen LogP contribution in [0.4, 0.5) is 17.1 Å². The first-order valence-corrected chi connectivity index (χ1v) is 8.21. The van der Waals surface area contributed by atoms with Gasteiger partial charge < -0.3 is 10.6 Å². The Morgan fingerprint density at radius 3 is 2.56 bits per heavy atom. The van der Waals surface area contributed by atoms with E-state index in [1.165, 1.54) is 0 Å². The Hall–Kier alpha value is -2.86. The lowest BCUT2D eigenvalue weighted by Gasteiger charge is -2.11. The van der Waals surface area contributed by atoms with E-state index in [9.17, 15) is 10.1 Å². The molecule has 3 rings (SSSR count). The topological polar surface area (TPSA) is 80.1 Å². The Bertz CT molecular complexity index is 913. The molecule has 2 aromatic carbocycles. The second-order valence-electron chi connectivity index (χ2n) is 5.52. The first kappa shape index (κ1) is 17.0. The molecule has 6 nitrogen and oxygen atoms in total. The number of anilines is 2. The van der Waals surface area contributed by atoms with Gasteiger partial charge in [-0.25, -0.2) is 4.98 Å². The van der Waals surface area contributed by atoms with Crippen LogP contribution in [-0.2, 0) is 6.42 Å². The largest absolute Gasteiger partial charge is 0.388 e. The summed E-state index contributed by atoms with van der Waals surface area (Å²) in [6.07, 6.45) is 0.732. The predicted molar refractivity (Wildman–Crippen MR) is 102 cm³/mol. The zero-order valence-electron chi connectivity index (χ0n) is 13.6. The molecule has 0 saturated heterocycles. The van der Waals surface area contributed by atoms with Crippen LogP contribution < -0.4 is 10.6 Å². The Kier molecular flexibility index (Phi) is 5.00. The lowest BCUT2D eigenvalue weighted by atomic mass is 10.1. The first-order chi connectivity index (χ1) is 12.1. The number of hydrogen-bond donors (Lipinski definition) is 2. The number of rotatable bonds is 6. The standard InChI is InChI=1S/C18H17ClN4O2/c1-20-13-8-6-12(7-9-13)10-11-21-16-14-4-2-3-5-15(14)22-18(19)17(16)23(24)25/h2-9,20H,10-11H2,1H3,(H,21,22). The van der Waals surface area contributed by atoms with E-state index < -0.39 is 4.92 Å². The van der Waals surface area contributed by atoms with Crippen LogP contribution in [0.15, 0.2) is 48.5 Å². The summed E-state index contributed by atoms with van der Waals surface area (Å²) in [4.78, 5) is 15.0. The fraction of sp³-hybridized carbons (Fsp3) is 0.167. The summed E-state index contributed by atoms with van der Waals surface area (Å²) in [5, 5.41) is 18.2. The summed E-state index contributed by atoms with van der Waals surface area (Å²) in [6, 6.07) is 15.3. The molecule has 0 saturated carbocycles. The van der Waals surface area contributed by atoms with Crippen LogP contribution in [0.5, 0.6) is 0 Å². The van der Waals surface area contributed by atoms with Crippen molar-refractivity contribution in [1.29, 1.82) is 0 Å². The van der Waals surface area contributed by atoms with Crippen LogP contribution >= 0.6 is 11.6 Å². The molecule has 0 atom stereocenters. The molecule has 0 aliphatic carbocycles. The third-order valence-electron chi connectivity index (χ3n) is 3.96. The first-order valence-electron chi connectivity index (χ1n) is 7.83. The van der Waals surface area contributed by atoms with Gasteiger partial charge in [0.15, 0.2) is 0 Å². The number of halogens is 1. The van der Waals surface area contributed by atoms with Gasteiger partial charge in [0.25, 0.3) is 0 Å². The number of pyridine rings is 1. The molecular weight excluding hydrogens is 340 g/mol. The van der Waals surface area contributed by atoms with Crippen molar-refractivity contribution in [2.24, 2.45) is 0 Å². The van der Waals surface area contributed by atoms with Gasteiger partial charge in [0.1, 0.15) is 5.69 Å². The second-order valence-corrected chi connectivity index (χ2v) is 5.88. The minimum absolute atomic E-state index is 0.107. The molecule has 0 aliphatic heterocycles. The number of hydrogen-bond acceptors (Lipinski definition) is 5. The summed E-state index contributed by atoms with van der Waals surface area (Å²) in [7, 11) is 1.87. The average molecular weight is 357 g/mol. The summed E-state index contributed by atoms with van der Waals surface area (Å²) in [5.41, 5.74) is 3.02. The molecule has 1 heterocycles. The molecule has 0 unspecified atom stereocenters. The highest BCUT2D eigenvalue weighted by molar-refractivity contribution is 6.33. The number of fused-ring (bicyclic) bond motifs is 1. The molecule has 0 bridgehead atoms. The Balaban J connectivity index is 1.86. The molecule has 0 amide bonds. The zero-order valence-corrected chi connectivity index (χ0v) is 14.4. The van der Waals surface area contributed by atoms with E-state index in [1.807, 2.05) is 43.4 Å². The van der Waals surface area contributed by atoms with Crippen molar-refractivity contribution in [3.63, 3.8) is 0 Å². The van der Waals surface area contributed by atoms with Crippen molar-refractivity contribution in [3.05, 3.63) is 69.4 Å². The fourth-order valence-corrected chi connectivity index (χ4v) is 2.94. The van der Waals surface area contributed by atoms with Crippen LogP contribution in [0, 0.1) is 10.1 Å². The number of para-hydroxylation sites is 1. The molecule has 0 fully saturated rings. The van der Waals surface area contributed by atoms with E-state index in [1.54, 1.807) is 12.1 Å². The average Bonchev–Trinajstić information content (AvgIpc) is 2.61. The molecule has 3 aromatic rings. The second kappa shape index (κ2) is 7.36. The maximum atomic E-state index is 11.4. The zero-order chi connectivity index (χ0) is 17.8. The number of benzene rings is 2. The van der Waals surface area contributed by atoms with Crippen molar-refractivity contribution in [3.8, 4) is 0 Å². The summed E-state index contributed by atoms with van der Waals surface area (Å²) in [5.74, 6) is 0. The lowest BCUT2D eigenvalue weighted by molar-refractivity contribution is -0.384. The maximum Gasteiger partial charge on any atom is 0.329 e. The SMILES string of the molecule is CNc1ccc(CCNc2c([N+](=O)[O-])c(Cl)nc3ccccc23)cc1. The van der Waals surface area contributed by atoms with Crippen molar-refractivity contribution < 1.29 is 4.92 Å². The van der Waals surface area contributed by atoms with Gasteiger partial charge in [0.05, 0.1) is 10.4 Å². The molecule has 25 heavy (non-hydrogen) atoms. The quantitative estimate of drug-likeness (QED) is 0.386. The normalized spacial score (nSPS) is 10.6. The number of nitro groups is 1. The van der Waals surface area contributed by atoms with Crippen LogP contribution in [-0.4, -0.2) is 23.5 Å². The molecular formula is C18H17ClN4O2. The number of nitrogens with zero attached hydrogens (tertiary/aromatic N) is 2. The Labute approximate surface area is 150 Å². The Morgan fingerprint density at radius 1 is 1.16 bits per heavy atom. The lowest BCUT2D eigenvalue weighted by Crippen LogP contribution is -2.08. The van der Waals surface area contributed by atoms with Crippen molar-refractivity contribution in [2.45, 2.75) is 6.42 Å². The number of aromatic nitrogens is 1. The summed E-state index contributed by atoms with van der Waals surface area (Å²) in [6.45, 7) is 0.546. The van der Waals surface area contributed by atoms with E-state index in [-0.39, 0.29) is 10.8 Å². The van der Waals surface area contributed by atoms with Crippen LogP contribution in [0.1, 0.15) is 5.56 Å². The maximum absolute atomic E-state index is 11.4. The summed E-state index contributed by atoms with van der Waals surface area (Å²) >= 11 is 6.03. The molecule has 0 radical (unpaired) electrons. The van der Waals surface area contributed by atoms with Gasteiger partial charge in [-0.1, -0.05) is 41.9 Å². The third-order valence-corrected chi connectivity index (χ3v) is 4.23. The highest BCUT2D eigenvalue weighted by Crippen LogP contribution is 2.37. The Morgan fingerprint density at radius 2 is 1.88 bits per heavy atom. The van der Waals surface area contributed by atoms with Gasteiger partial charge in [-0.2, -0.15) is 0 Å². The van der Waals surface area contributed by atoms with Gasteiger partial charge in [-0.3, -0.25) is 10.1 Å². The minimum Gasteiger partial charge on any atom is -0.388 e. The van der Waals surface area contributed by atoms with E-state index in [0.29, 0.717) is 23.1 Å². The molecule has 7 heteroatoms. The third kappa shape index (κ3) is 3.64. The van der Waals surface area contributed by atoms with Crippen molar-refractivity contribution in [1.82, 2.24) is 4.98 Å². The summed E-state index contributed by atoms with van der Waals surface area (Å²) < 4.78 is 0. The smallest absolute Gasteiger partial charge is 0.329 e. The van der Waals surface area contributed by atoms with E-state index in [4.69, 9.17) is 11.6 Å².